The molecule has 5 heteroatoms. The predicted octanol–water partition coefficient (Wildman–Crippen LogP) is 2.18. The fourth-order valence-electron chi connectivity index (χ4n) is 2.14. The van der Waals surface area contributed by atoms with Crippen LogP contribution in [-0.4, -0.2) is 30.0 Å². The van der Waals surface area contributed by atoms with Gasteiger partial charge in [0.25, 0.3) is 0 Å². The first kappa shape index (κ1) is 14.5. The van der Waals surface area contributed by atoms with Gasteiger partial charge in [-0.05, 0) is 36.9 Å². The summed E-state index contributed by atoms with van der Waals surface area (Å²) in [7, 11) is 0. The Morgan fingerprint density at radius 1 is 1.63 bits per heavy atom. The molecule has 0 aliphatic carbocycles. The van der Waals surface area contributed by atoms with E-state index in [1.807, 2.05) is 0 Å². The molecule has 2 rings (SSSR count). The molecular formula is C14H22N2O2S. The van der Waals surface area contributed by atoms with Crippen LogP contribution in [0.2, 0.25) is 0 Å². The molecule has 1 fully saturated rings. The second kappa shape index (κ2) is 7.60. The number of amides is 1. The van der Waals surface area contributed by atoms with Crippen LogP contribution in [0.1, 0.15) is 36.8 Å². The molecule has 0 radical (unpaired) electrons. The van der Waals surface area contributed by atoms with E-state index in [-0.39, 0.29) is 5.91 Å². The molecule has 1 aliphatic heterocycles. The lowest BCUT2D eigenvalue weighted by atomic mass is 10.1. The number of hydrogen-bond donors (Lipinski definition) is 1. The summed E-state index contributed by atoms with van der Waals surface area (Å²) < 4.78 is 9.63. The molecule has 0 bridgehead atoms. The summed E-state index contributed by atoms with van der Waals surface area (Å²) in [5, 5.41) is 2.97. The van der Waals surface area contributed by atoms with E-state index < -0.39 is 0 Å². The van der Waals surface area contributed by atoms with Gasteiger partial charge in [-0.15, -0.1) is 0 Å². The first-order valence-electron chi connectivity index (χ1n) is 7.07. The molecule has 2 heterocycles. The molecule has 1 unspecified atom stereocenters. The van der Waals surface area contributed by atoms with Crippen LogP contribution in [0.3, 0.4) is 0 Å². The van der Waals surface area contributed by atoms with Crippen molar-refractivity contribution in [1.82, 2.24) is 9.69 Å². The van der Waals surface area contributed by atoms with Gasteiger partial charge in [-0.2, -0.15) is 4.37 Å². The van der Waals surface area contributed by atoms with E-state index in [9.17, 15) is 4.79 Å². The van der Waals surface area contributed by atoms with Crippen LogP contribution in [0, 0.1) is 5.92 Å². The van der Waals surface area contributed by atoms with Crippen molar-refractivity contribution < 1.29 is 9.53 Å². The number of aromatic nitrogens is 1. The van der Waals surface area contributed by atoms with Crippen molar-refractivity contribution in [3.63, 3.8) is 0 Å². The van der Waals surface area contributed by atoms with E-state index in [0.717, 1.165) is 38.3 Å². The predicted molar refractivity (Wildman–Crippen MR) is 76.4 cm³/mol. The monoisotopic (exact) mass is 282 g/mol. The lowest BCUT2D eigenvalue weighted by Crippen LogP contribution is -2.30. The first-order valence-corrected chi connectivity index (χ1v) is 7.84. The zero-order valence-corrected chi connectivity index (χ0v) is 12.3. The Morgan fingerprint density at radius 3 is 3.26 bits per heavy atom. The van der Waals surface area contributed by atoms with E-state index in [1.165, 1.54) is 29.3 Å². The highest BCUT2D eigenvalue weighted by molar-refractivity contribution is 7.05. The summed E-state index contributed by atoms with van der Waals surface area (Å²) in [5.74, 6) is 0.554. The van der Waals surface area contributed by atoms with Crippen LogP contribution in [-0.2, 0) is 22.4 Å². The number of carbonyl (C=O) groups is 1. The molecule has 1 atom stereocenters. The van der Waals surface area contributed by atoms with Crippen molar-refractivity contribution in [1.29, 1.82) is 0 Å². The minimum Gasteiger partial charge on any atom is -0.381 e. The van der Waals surface area contributed by atoms with Gasteiger partial charge < -0.3 is 10.1 Å². The Hall–Kier alpha value is -0.940. The third-order valence-electron chi connectivity index (χ3n) is 3.34. The third-order valence-corrected chi connectivity index (χ3v) is 4.22. The standard InChI is InChI=1S/C14H22N2O2S/c1-2-3-4-13-7-12(16-19-13)8-14(17)15-9-11-5-6-18-10-11/h7,11H,2-6,8-10H2,1H3,(H,15,17). The van der Waals surface area contributed by atoms with Crippen LogP contribution >= 0.6 is 11.5 Å². The van der Waals surface area contributed by atoms with Crippen LogP contribution in [0.25, 0.3) is 0 Å². The van der Waals surface area contributed by atoms with Gasteiger partial charge in [-0.3, -0.25) is 4.79 Å². The highest BCUT2D eigenvalue weighted by atomic mass is 32.1. The fourth-order valence-corrected chi connectivity index (χ4v) is 2.91. The quantitative estimate of drug-likeness (QED) is 0.834. The molecule has 4 nitrogen and oxygen atoms in total. The van der Waals surface area contributed by atoms with Crippen LogP contribution in [0.15, 0.2) is 6.07 Å². The van der Waals surface area contributed by atoms with Crippen molar-refractivity contribution in [3.8, 4) is 0 Å². The lowest BCUT2D eigenvalue weighted by molar-refractivity contribution is -0.120. The number of hydrogen-bond acceptors (Lipinski definition) is 4. The van der Waals surface area contributed by atoms with Crippen LogP contribution < -0.4 is 5.32 Å². The average Bonchev–Trinajstić information content (AvgIpc) is 3.05. The number of rotatable bonds is 7. The van der Waals surface area contributed by atoms with E-state index in [0.29, 0.717) is 12.3 Å². The van der Waals surface area contributed by atoms with Gasteiger partial charge in [0, 0.05) is 23.9 Å². The number of nitrogens with one attached hydrogen (secondary N) is 1. The van der Waals surface area contributed by atoms with Crippen molar-refractivity contribution in [3.05, 3.63) is 16.6 Å². The maximum absolute atomic E-state index is 11.8. The molecule has 106 valence electrons. The fraction of sp³-hybridized carbons (Fsp3) is 0.714. The van der Waals surface area contributed by atoms with E-state index in [2.05, 4.69) is 22.7 Å². The molecule has 0 aromatic carbocycles. The maximum atomic E-state index is 11.8. The van der Waals surface area contributed by atoms with Crippen molar-refractivity contribution in [2.75, 3.05) is 19.8 Å². The van der Waals surface area contributed by atoms with E-state index in [1.54, 1.807) is 0 Å². The maximum Gasteiger partial charge on any atom is 0.226 e. The summed E-state index contributed by atoms with van der Waals surface area (Å²) in [6.45, 7) is 4.51. The second-order valence-corrected chi connectivity index (χ2v) is 5.99. The average molecular weight is 282 g/mol. The highest BCUT2D eigenvalue weighted by Gasteiger charge is 2.16. The van der Waals surface area contributed by atoms with Gasteiger partial charge in [0.1, 0.15) is 0 Å². The largest absolute Gasteiger partial charge is 0.381 e. The van der Waals surface area contributed by atoms with Crippen molar-refractivity contribution >= 4 is 17.4 Å². The number of nitrogens with zero attached hydrogens (tertiary/aromatic N) is 1. The molecule has 1 aromatic heterocycles. The normalized spacial score (nSPS) is 18.7. The SMILES string of the molecule is CCCCc1cc(CC(=O)NCC2CCOC2)ns1. The Kier molecular flexibility index (Phi) is 5.79. The topological polar surface area (TPSA) is 51.2 Å². The zero-order chi connectivity index (χ0) is 13.5. The van der Waals surface area contributed by atoms with E-state index >= 15 is 0 Å². The second-order valence-electron chi connectivity index (χ2n) is 5.10. The van der Waals surface area contributed by atoms with Crippen molar-refractivity contribution in [2.45, 2.75) is 39.0 Å². The molecule has 1 N–H and O–H groups in total. The van der Waals surface area contributed by atoms with E-state index in [4.69, 9.17) is 4.74 Å². The minimum atomic E-state index is 0.0687. The Morgan fingerprint density at radius 2 is 2.53 bits per heavy atom. The summed E-state index contributed by atoms with van der Waals surface area (Å²) in [6, 6.07) is 2.07. The van der Waals surface area contributed by atoms with Gasteiger partial charge in [-0.1, -0.05) is 13.3 Å². The van der Waals surface area contributed by atoms with Crippen molar-refractivity contribution in [2.24, 2.45) is 5.92 Å². The Labute approximate surface area is 118 Å². The van der Waals surface area contributed by atoms with Gasteiger partial charge >= 0.3 is 0 Å². The number of carbonyl (C=O) groups excluding carboxylic acids is 1. The van der Waals surface area contributed by atoms with Crippen LogP contribution in [0.4, 0.5) is 0 Å². The number of aryl methyl sites for hydroxylation is 1. The van der Waals surface area contributed by atoms with Gasteiger partial charge in [0.05, 0.1) is 18.7 Å². The molecule has 1 saturated heterocycles. The highest BCUT2D eigenvalue weighted by Crippen LogP contribution is 2.14. The van der Waals surface area contributed by atoms with Gasteiger partial charge in [-0.25, -0.2) is 0 Å². The zero-order valence-electron chi connectivity index (χ0n) is 11.5. The Balaban J connectivity index is 1.70. The summed E-state index contributed by atoms with van der Waals surface area (Å²) in [5.41, 5.74) is 0.899. The lowest BCUT2D eigenvalue weighted by Gasteiger charge is -2.08. The molecule has 1 aromatic rings. The minimum absolute atomic E-state index is 0.0687. The number of unbranched alkanes of at least 4 members (excludes halogenated alkanes) is 1. The molecule has 0 saturated carbocycles. The molecule has 1 amide bonds. The smallest absolute Gasteiger partial charge is 0.226 e. The molecule has 1 aliphatic rings. The van der Waals surface area contributed by atoms with Crippen LogP contribution in [0.5, 0.6) is 0 Å². The van der Waals surface area contributed by atoms with Gasteiger partial charge in [0.2, 0.25) is 5.91 Å². The molecule has 0 spiro atoms. The van der Waals surface area contributed by atoms with Gasteiger partial charge in [0.15, 0.2) is 0 Å². The summed E-state index contributed by atoms with van der Waals surface area (Å²) >= 11 is 1.52. The first-order chi connectivity index (χ1) is 9.28. The molecule has 19 heavy (non-hydrogen) atoms. The number of ether oxygens (including phenoxy) is 1. The summed E-state index contributed by atoms with van der Waals surface area (Å²) in [4.78, 5) is 13.1. The Bertz CT molecular complexity index is 400. The summed E-state index contributed by atoms with van der Waals surface area (Å²) in [6.07, 6.45) is 4.91. The molecular weight excluding hydrogens is 260 g/mol. The third kappa shape index (κ3) is 4.91.